The summed E-state index contributed by atoms with van der Waals surface area (Å²) in [5.41, 5.74) is 0.742. The van der Waals surface area contributed by atoms with Crippen molar-refractivity contribution in [1.29, 1.82) is 0 Å². The lowest BCUT2D eigenvalue weighted by molar-refractivity contribution is -0.385. The predicted molar refractivity (Wildman–Crippen MR) is 70.1 cm³/mol. The normalized spacial score (nSPS) is 10.3. The fourth-order valence-electron chi connectivity index (χ4n) is 1.84. The molecule has 0 unspecified atom stereocenters. The van der Waals surface area contributed by atoms with Gasteiger partial charge < -0.3 is 0 Å². The summed E-state index contributed by atoms with van der Waals surface area (Å²) in [5.74, 6) is -1.21. The highest BCUT2D eigenvalue weighted by molar-refractivity contribution is 6.00. The summed E-state index contributed by atoms with van der Waals surface area (Å²) in [4.78, 5) is 26.3. The first-order chi connectivity index (χ1) is 9.49. The van der Waals surface area contributed by atoms with Gasteiger partial charge in [-0.2, -0.15) is 0 Å². The Hall–Kier alpha value is -2.63. The van der Waals surface area contributed by atoms with Gasteiger partial charge in [0.1, 0.15) is 5.82 Å². The van der Waals surface area contributed by atoms with Gasteiger partial charge in [-0.1, -0.05) is 6.07 Å². The third-order valence-electron chi connectivity index (χ3n) is 2.90. The van der Waals surface area contributed by atoms with E-state index < -0.39 is 22.2 Å². The summed E-state index contributed by atoms with van der Waals surface area (Å²) in [6.07, 6.45) is 1.49. The number of nitro groups is 1. The van der Waals surface area contributed by atoms with Crippen LogP contribution in [0.4, 0.5) is 10.1 Å². The van der Waals surface area contributed by atoms with Gasteiger partial charge in [0.15, 0.2) is 5.78 Å². The molecular formula is C14H11FN2O3. The summed E-state index contributed by atoms with van der Waals surface area (Å²) in [6, 6.07) is 6.45. The smallest absolute Gasteiger partial charge is 0.283 e. The van der Waals surface area contributed by atoms with Crippen LogP contribution in [0.5, 0.6) is 0 Å². The van der Waals surface area contributed by atoms with Crippen LogP contribution in [0.1, 0.15) is 21.6 Å². The van der Waals surface area contributed by atoms with Crippen LogP contribution in [-0.2, 0) is 6.42 Å². The van der Waals surface area contributed by atoms with E-state index in [2.05, 4.69) is 4.98 Å². The molecule has 1 heterocycles. The molecule has 0 radical (unpaired) electrons. The van der Waals surface area contributed by atoms with Crippen molar-refractivity contribution in [3.63, 3.8) is 0 Å². The number of hydrogen-bond acceptors (Lipinski definition) is 4. The largest absolute Gasteiger partial charge is 0.293 e. The quantitative estimate of drug-likeness (QED) is 0.488. The van der Waals surface area contributed by atoms with Gasteiger partial charge >= 0.3 is 0 Å². The van der Waals surface area contributed by atoms with E-state index in [1.165, 1.54) is 0 Å². The lowest BCUT2D eigenvalue weighted by Gasteiger charge is -2.04. The van der Waals surface area contributed by atoms with Crippen molar-refractivity contribution in [2.24, 2.45) is 0 Å². The van der Waals surface area contributed by atoms with Gasteiger partial charge in [0.2, 0.25) is 0 Å². The summed E-state index contributed by atoms with van der Waals surface area (Å²) >= 11 is 0. The van der Waals surface area contributed by atoms with Gasteiger partial charge in [-0.25, -0.2) is 4.39 Å². The Kier molecular flexibility index (Phi) is 3.84. The molecule has 0 aliphatic rings. The number of carbonyl (C=O) groups is 1. The number of ketones is 1. The van der Waals surface area contributed by atoms with Crippen molar-refractivity contribution in [2.45, 2.75) is 13.3 Å². The van der Waals surface area contributed by atoms with Gasteiger partial charge in [-0.3, -0.25) is 19.9 Å². The van der Waals surface area contributed by atoms with Crippen molar-refractivity contribution in [3.05, 3.63) is 69.3 Å². The molecule has 5 nitrogen and oxygen atoms in total. The first-order valence-electron chi connectivity index (χ1n) is 5.86. The summed E-state index contributed by atoms with van der Waals surface area (Å²) in [5, 5.41) is 10.9. The minimum absolute atomic E-state index is 0.0564. The molecule has 0 N–H and O–H groups in total. The Morgan fingerprint density at radius 2 is 2.15 bits per heavy atom. The van der Waals surface area contributed by atoms with Crippen LogP contribution < -0.4 is 0 Å². The summed E-state index contributed by atoms with van der Waals surface area (Å²) in [7, 11) is 0. The first kappa shape index (κ1) is 13.8. The van der Waals surface area contributed by atoms with Crippen molar-refractivity contribution in [2.75, 3.05) is 0 Å². The summed E-state index contributed by atoms with van der Waals surface area (Å²) in [6.45, 7) is 1.80. The number of halogens is 1. The topological polar surface area (TPSA) is 73.1 Å². The van der Waals surface area contributed by atoms with Crippen LogP contribution >= 0.6 is 0 Å². The third kappa shape index (κ3) is 2.85. The lowest BCUT2D eigenvalue weighted by Crippen LogP contribution is -2.09. The molecule has 0 amide bonds. The van der Waals surface area contributed by atoms with Gasteiger partial charge in [-0.05, 0) is 30.7 Å². The number of rotatable bonds is 4. The lowest BCUT2D eigenvalue weighted by atomic mass is 10.0. The molecule has 0 atom stereocenters. The van der Waals surface area contributed by atoms with Crippen molar-refractivity contribution in [3.8, 4) is 0 Å². The molecule has 1 aromatic heterocycles. The SMILES string of the molecule is Cc1cccnc1CC(=O)c1ccc(F)cc1[N+](=O)[O-]. The minimum atomic E-state index is -0.762. The standard InChI is InChI=1S/C14H11FN2O3/c1-9-3-2-6-16-12(9)8-14(18)11-5-4-10(15)7-13(11)17(19)20/h2-7H,8H2,1H3. The third-order valence-corrected chi connectivity index (χ3v) is 2.90. The number of pyridine rings is 1. The number of aryl methyl sites for hydroxylation is 1. The van der Waals surface area contributed by atoms with Gasteiger partial charge in [-0.15, -0.1) is 0 Å². The molecule has 0 saturated carbocycles. The highest BCUT2D eigenvalue weighted by Crippen LogP contribution is 2.21. The van der Waals surface area contributed by atoms with E-state index >= 15 is 0 Å². The molecular weight excluding hydrogens is 263 g/mol. The number of nitrogens with zero attached hydrogens (tertiary/aromatic N) is 2. The Labute approximate surface area is 114 Å². The second kappa shape index (κ2) is 5.56. The van der Waals surface area contributed by atoms with Crippen molar-refractivity contribution < 1.29 is 14.1 Å². The van der Waals surface area contributed by atoms with E-state index in [0.29, 0.717) is 5.69 Å². The molecule has 0 aliphatic carbocycles. The second-order valence-electron chi connectivity index (χ2n) is 4.29. The van der Waals surface area contributed by atoms with Crippen molar-refractivity contribution >= 4 is 11.5 Å². The number of carbonyl (C=O) groups excluding carboxylic acids is 1. The Morgan fingerprint density at radius 3 is 2.80 bits per heavy atom. The maximum Gasteiger partial charge on any atom is 0.283 e. The van der Waals surface area contributed by atoms with E-state index in [0.717, 1.165) is 23.8 Å². The average molecular weight is 274 g/mol. The molecule has 0 fully saturated rings. The fraction of sp³-hybridized carbons (Fsp3) is 0.143. The van der Waals surface area contributed by atoms with Crippen molar-refractivity contribution in [1.82, 2.24) is 4.98 Å². The average Bonchev–Trinajstić information content (AvgIpc) is 2.41. The highest BCUT2D eigenvalue weighted by atomic mass is 19.1. The molecule has 6 heteroatoms. The maximum atomic E-state index is 13.0. The zero-order chi connectivity index (χ0) is 14.7. The molecule has 2 rings (SSSR count). The molecule has 2 aromatic rings. The number of hydrogen-bond donors (Lipinski definition) is 0. The number of nitro benzene ring substituents is 1. The van der Waals surface area contributed by atoms with Crippen LogP contribution in [0.2, 0.25) is 0 Å². The molecule has 0 bridgehead atoms. The van der Waals surface area contributed by atoms with E-state index in [4.69, 9.17) is 0 Å². The molecule has 0 aliphatic heterocycles. The van der Waals surface area contributed by atoms with Crippen LogP contribution in [0, 0.1) is 22.9 Å². The van der Waals surface area contributed by atoms with E-state index in [1.807, 2.05) is 0 Å². The second-order valence-corrected chi connectivity index (χ2v) is 4.29. The Balaban J connectivity index is 2.35. The van der Waals surface area contributed by atoms with Gasteiger partial charge in [0, 0.05) is 6.20 Å². The van der Waals surface area contributed by atoms with Crippen LogP contribution in [0.3, 0.4) is 0 Å². The number of benzene rings is 1. The molecule has 102 valence electrons. The van der Waals surface area contributed by atoms with Crippen LogP contribution in [0.25, 0.3) is 0 Å². The van der Waals surface area contributed by atoms with Gasteiger partial charge in [0.25, 0.3) is 5.69 Å². The molecule has 20 heavy (non-hydrogen) atoms. The predicted octanol–water partition coefficient (Wildman–Crippen LogP) is 2.86. The molecule has 0 spiro atoms. The number of Topliss-reactive ketones (excluding diaryl/α,β-unsaturated/α-hetero) is 1. The maximum absolute atomic E-state index is 13.0. The monoisotopic (exact) mass is 274 g/mol. The zero-order valence-electron chi connectivity index (χ0n) is 10.7. The van der Waals surface area contributed by atoms with Crippen LogP contribution in [-0.4, -0.2) is 15.7 Å². The van der Waals surface area contributed by atoms with E-state index in [-0.39, 0.29) is 12.0 Å². The Morgan fingerprint density at radius 1 is 1.40 bits per heavy atom. The Bertz CT molecular complexity index is 686. The zero-order valence-corrected chi connectivity index (χ0v) is 10.7. The fourth-order valence-corrected chi connectivity index (χ4v) is 1.84. The van der Waals surface area contributed by atoms with Gasteiger partial charge in [0.05, 0.1) is 28.7 Å². The first-order valence-corrected chi connectivity index (χ1v) is 5.86. The minimum Gasteiger partial charge on any atom is -0.293 e. The molecule has 0 saturated heterocycles. The highest BCUT2D eigenvalue weighted by Gasteiger charge is 2.21. The molecule has 1 aromatic carbocycles. The van der Waals surface area contributed by atoms with E-state index in [9.17, 15) is 19.3 Å². The summed E-state index contributed by atoms with van der Waals surface area (Å²) < 4.78 is 13.0. The van der Waals surface area contributed by atoms with E-state index in [1.54, 1.807) is 25.3 Å². The van der Waals surface area contributed by atoms with Crippen LogP contribution in [0.15, 0.2) is 36.5 Å². The number of aromatic nitrogens is 1.